The zero-order valence-corrected chi connectivity index (χ0v) is 8.14. The first-order valence-corrected chi connectivity index (χ1v) is 4.43. The van der Waals surface area contributed by atoms with E-state index >= 15 is 0 Å². The summed E-state index contributed by atoms with van der Waals surface area (Å²) in [4.78, 5) is 21.7. The molecule has 1 aromatic rings. The van der Waals surface area contributed by atoms with Crippen molar-refractivity contribution in [3.05, 3.63) is 37.3 Å². The molecular weight excluding hydrogens is 196 g/mol. The Hall–Kier alpha value is -1.84. The van der Waals surface area contributed by atoms with Crippen LogP contribution in [0, 0.1) is 6.92 Å². The summed E-state index contributed by atoms with van der Waals surface area (Å²) in [6.45, 7) is 3.01. The molecule has 1 radical (unpaired) electrons. The number of hydrogen-bond acceptors (Lipinski definition) is 4. The summed E-state index contributed by atoms with van der Waals surface area (Å²) in [6, 6.07) is 8.80. The zero-order chi connectivity index (χ0) is 11.1. The topological polar surface area (TPSA) is 52.6 Å². The second kappa shape index (κ2) is 5.80. The van der Waals surface area contributed by atoms with E-state index in [1.807, 2.05) is 6.07 Å². The van der Waals surface area contributed by atoms with Crippen LogP contribution in [0.1, 0.15) is 6.42 Å². The lowest BCUT2D eigenvalue weighted by atomic mass is 10.3. The Morgan fingerprint density at radius 2 is 1.80 bits per heavy atom. The summed E-state index contributed by atoms with van der Waals surface area (Å²) >= 11 is 0. The van der Waals surface area contributed by atoms with Crippen LogP contribution >= 0.6 is 0 Å². The van der Waals surface area contributed by atoms with Crippen LogP contribution in [0.15, 0.2) is 30.3 Å². The van der Waals surface area contributed by atoms with Crippen molar-refractivity contribution in [3.8, 4) is 5.75 Å². The fourth-order valence-electron chi connectivity index (χ4n) is 0.866. The number of esters is 2. The van der Waals surface area contributed by atoms with Gasteiger partial charge >= 0.3 is 11.9 Å². The third kappa shape index (κ3) is 4.26. The standard InChI is InChI=1S/C11H11O4/c1-2-10(12)15-11(13)8-14-9-6-4-3-5-7-9/h3-7H,1-2,8H2. The Morgan fingerprint density at radius 3 is 2.40 bits per heavy atom. The maximum absolute atomic E-state index is 11.0. The predicted molar refractivity (Wildman–Crippen MR) is 53.0 cm³/mol. The molecule has 79 valence electrons. The van der Waals surface area contributed by atoms with Crippen LogP contribution in [0.4, 0.5) is 0 Å². The van der Waals surface area contributed by atoms with Gasteiger partial charge in [0.05, 0.1) is 0 Å². The van der Waals surface area contributed by atoms with Gasteiger partial charge in [-0.15, -0.1) is 0 Å². The summed E-state index contributed by atoms with van der Waals surface area (Å²) in [5.41, 5.74) is 0. The van der Waals surface area contributed by atoms with Crippen LogP contribution in [0.3, 0.4) is 0 Å². The van der Waals surface area contributed by atoms with Gasteiger partial charge in [0.1, 0.15) is 5.75 Å². The van der Waals surface area contributed by atoms with Crippen LogP contribution in [0.2, 0.25) is 0 Å². The maximum atomic E-state index is 11.0. The Morgan fingerprint density at radius 1 is 1.13 bits per heavy atom. The molecule has 0 saturated heterocycles. The largest absolute Gasteiger partial charge is 0.482 e. The third-order valence-electron chi connectivity index (χ3n) is 1.53. The average molecular weight is 207 g/mol. The minimum absolute atomic E-state index is 0.0723. The molecule has 0 fully saturated rings. The molecule has 0 bridgehead atoms. The van der Waals surface area contributed by atoms with Crippen molar-refractivity contribution in [3.63, 3.8) is 0 Å². The molecule has 0 aliphatic carbocycles. The van der Waals surface area contributed by atoms with E-state index in [-0.39, 0.29) is 13.0 Å². The van der Waals surface area contributed by atoms with E-state index < -0.39 is 11.9 Å². The third-order valence-corrected chi connectivity index (χ3v) is 1.53. The second-order valence-electron chi connectivity index (χ2n) is 2.70. The first-order valence-electron chi connectivity index (χ1n) is 4.43. The molecule has 4 heteroatoms. The molecule has 0 amide bonds. The molecule has 0 aliphatic rings. The quantitative estimate of drug-likeness (QED) is 0.552. The Kier molecular flexibility index (Phi) is 4.34. The summed E-state index contributed by atoms with van der Waals surface area (Å²) < 4.78 is 9.42. The fourth-order valence-corrected chi connectivity index (χ4v) is 0.866. The smallest absolute Gasteiger partial charge is 0.351 e. The van der Waals surface area contributed by atoms with Crippen molar-refractivity contribution >= 4 is 11.9 Å². The molecular formula is C11H11O4. The van der Waals surface area contributed by atoms with Crippen molar-refractivity contribution < 1.29 is 19.1 Å². The number of carbonyl (C=O) groups is 2. The highest BCUT2D eigenvalue weighted by Crippen LogP contribution is 2.07. The van der Waals surface area contributed by atoms with Crippen LogP contribution in [-0.4, -0.2) is 18.5 Å². The molecule has 0 spiro atoms. The van der Waals surface area contributed by atoms with E-state index in [0.717, 1.165) is 0 Å². The SMILES string of the molecule is [CH2]CC(=O)OC(=O)COc1ccccc1. The van der Waals surface area contributed by atoms with Gasteiger partial charge in [-0.3, -0.25) is 4.79 Å². The highest BCUT2D eigenvalue weighted by molar-refractivity contribution is 5.86. The van der Waals surface area contributed by atoms with Crippen molar-refractivity contribution in [2.24, 2.45) is 0 Å². The lowest BCUT2D eigenvalue weighted by Crippen LogP contribution is -2.18. The summed E-state index contributed by atoms with van der Waals surface area (Å²) in [5, 5.41) is 0. The lowest BCUT2D eigenvalue weighted by molar-refractivity contribution is -0.160. The van der Waals surface area contributed by atoms with E-state index in [0.29, 0.717) is 5.75 Å². The Balaban J connectivity index is 2.32. The minimum atomic E-state index is -0.715. The minimum Gasteiger partial charge on any atom is -0.482 e. The molecule has 0 aromatic heterocycles. The van der Waals surface area contributed by atoms with E-state index in [4.69, 9.17) is 4.74 Å². The van der Waals surface area contributed by atoms with Crippen molar-refractivity contribution in [1.82, 2.24) is 0 Å². The molecule has 0 heterocycles. The van der Waals surface area contributed by atoms with Crippen LogP contribution in [0.5, 0.6) is 5.75 Å². The van der Waals surface area contributed by atoms with Gasteiger partial charge in [-0.25, -0.2) is 4.79 Å². The van der Waals surface area contributed by atoms with E-state index in [9.17, 15) is 9.59 Å². The highest BCUT2D eigenvalue weighted by Gasteiger charge is 2.08. The highest BCUT2D eigenvalue weighted by atomic mass is 16.6. The van der Waals surface area contributed by atoms with Crippen LogP contribution in [0.25, 0.3) is 0 Å². The number of benzene rings is 1. The molecule has 15 heavy (non-hydrogen) atoms. The van der Waals surface area contributed by atoms with Crippen molar-refractivity contribution in [1.29, 1.82) is 0 Å². The first-order chi connectivity index (χ1) is 7.22. The fraction of sp³-hybridized carbons (Fsp3) is 0.182. The average Bonchev–Trinajstić information content (AvgIpc) is 2.27. The van der Waals surface area contributed by atoms with Gasteiger partial charge < -0.3 is 9.47 Å². The van der Waals surface area contributed by atoms with Gasteiger partial charge in [0.15, 0.2) is 6.61 Å². The molecule has 4 nitrogen and oxygen atoms in total. The number of hydrogen-bond donors (Lipinski definition) is 0. The van der Waals surface area contributed by atoms with Gasteiger partial charge in [-0.05, 0) is 19.1 Å². The number of rotatable bonds is 4. The Bertz CT molecular complexity index is 332. The monoisotopic (exact) mass is 207 g/mol. The maximum Gasteiger partial charge on any atom is 0.351 e. The zero-order valence-electron chi connectivity index (χ0n) is 8.14. The normalized spacial score (nSPS) is 9.40. The van der Waals surface area contributed by atoms with E-state index in [1.165, 1.54) is 0 Å². The summed E-state index contributed by atoms with van der Waals surface area (Å²) in [7, 11) is 0. The Labute approximate surface area is 87.8 Å². The number of ether oxygens (including phenoxy) is 2. The summed E-state index contributed by atoms with van der Waals surface area (Å²) in [5.74, 6) is -0.819. The van der Waals surface area contributed by atoms with E-state index in [1.54, 1.807) is 24.3 Å². The molecule has 0 aliphatic heterocycles. The predicted octanol–water partition coefficient (Wildman–Crippen LogP) is 1.36. The molecule has 0 saturated carbocycles. The first kappa shape index (κ1) is 11.2. The van der Waals surface area contributed by atoms with Gasteiger partial charge in [0.2, 0.25) is 0 Å². The summed E-state index contributed by atoms with van der Waals surface area (Å²) in [6.07, 6.45) is -0.0723. The van der Waals surface area contributed by atoms with Crippen molar-refractivity contribution in [2.75, 3.05) is 6.61 Å². The molecule has 1 rings (SSSR count). The van der Waals surface area contributed by atoms with Gasteiger partial charge in [-0.2, -0.15) is 0 Å². The molecule has 0 N–H and O–H groups in total. The van der Waals surface area contributed by atoms with Crippen LogP contribution < -0.4 is 4.74 Å². The molecule has 0 unspecified atom stereocenters. The van der Waals surface area contributed by atoms with E-state index in [2.05, 4.69) is 11.7 Å². The molecule has 0 atom stereocenters. The number of carbonyl (C=O) groups excluding carboxylic acids is 2. The van der Waals surface area contributed by atoms with Crippen LogP contribution in [-0.2, 0) is 14.3 Å². The second-order valence-corrected chi connectivity index (χ2v) is 2.70. The lowest BCUT2D eigenvalue weighted by Gasteiger charge is -2.04. The van der Waals surface area contributed by atoms with Gasteiger partial charge in [-0.1, -0.05) is 18.2 Å². The van der Waals surface area contributed by atoms with Gasteiger partial charge in [0, 0.05) is 6.42 Å². The van der Waals surface area contributed by atoms with Gasteiger partial charge in [0.25, 0.3) is 0 Å². The van der Waals surface area contributed by atoms with Crippen molar-refractivity contribution in [2.45, 2.75) is 6.42 Å². The molecule has 1 aromatic carbocycles. The number of para-hydroxylation sites is 1.